The van der Waals surface area contributed by atoms with Crippen LogP contribution in [0, 0.1) is 6.92 Å². The molecule has 0 spiro atoms. The van der Waals surface area contributed by atoms with E-state index in [1.165, 1.54) is 30.2 Å². The summed E-state index contributed by atoms with van der Waals surface area (Å²) in [4.78, 5) is 26.3. The van der Waals surface area contributed by atoms with Gasteiger partial charge in [0, 0.05) is 31.7 Å². The van der Waals surface area contributed by atoms with Crippen LogP contribution < -0.4 is 5.32 Å². The highest BCUT2D eigenvalue weighted by Gasteiger charge is 2.15. The van der Waals surface area contributed by atoms with Crippen molar-refractivity contribution in [2.24, 2.45) is 0 Å². The third-order valence-corrected chi connectivity index (χ3v) is 5.72. The fraction of sp³-hybridized carbons (Fsp3) is 0.500. The maximum absolute atomic E-state index is 12.3. The molecule has 0 aliphatic carbocycles. The van der Waals surface area contributed by atoms with Crippen LogP contribution in [0.4, 0.5) is 0 Å². The Morgan fingerprint density at radius 3 is 2.54 bits per heavy atom. The quantitative estimate of drug-likeness (QED) is 0.722. The lowest BCUT2D eigenvalue weighted by Crippen LogP contribution is -2.35. The summed E-state index contributed by atoms with van der Waals surface area (Å²) in [5.41, 5.74) is 2.14. The summed E-state index contributed by atoms with van der Waals surface area (Å²) in [5, 5.41) is 11.6. The average molecular weight is 402 g/mol. The van der Waals surface area contributed by atoms with Crippen LogP contribution in [-0.4, -0.2) is 56.9 Å². The van der Waals surface area contributed by atoms with Crippen molar-refractivity contribution in [3.63, 3.8) is 0 Å². The van der Waals surface area contributed by atoms with Gasteiger partial charge in [-0.05, 0) is 31.9 Å². The van der Waals surface area contributed by atoms with Crippen LogP contribution in [0.2, 0.25) is 0 Å². The molecule has 1 aromatic carbocycles. The molecule has 28 heavy (non-hydrogen) atoms. The van der Waals surface area contributed by atoms with E-state index < -0.39 is 0 Å². The topological polar surface area (TPSA) is 80.1 Å². The molecule has 150 valence electrons. The van der Waals surface area contributed by atoms with Gasteiger partial charge in [-0.1, -0.05) is 42.3 Å². The standard InChI is InChI=1S/C20H27N5O2S/c1-16-6-8-17(9-7-16)25-15-22-23-20(25)28-14-18(26)21-11-10-19(27)24-12-4-2-3-5-13-24/h6-9,15H,2-5,10-14H2,1H3,(H,21,26). The second-order valence-corrected chi connectivity index (χ2v) is 7.95. The summed E-state index contributed by atoms with van der Waals surface area (Å²) in [6.07, 6.45) is 6.56. The zero-order valence-electron chi connectivity index (χ0n) is 16.3. The zero-order chi connectivity index (χ0) is 19.8. The lowest BCUT2D eigenvalue weighted by atomic mass is 10.2. The van der Waals surface area contributed by atoms with Crippen molar-refractivity contribution in [1.82, 2.24) is 25.0 Å². The number of nitrogens with one attached hydrogen (secondary N) is 1. The highest BCUT2D eigenvalue weighted by Crippen LogP contribution is 2.19. The normalized spacial score (nSPS) is 14.5. The average Bonchev–Trinajstić information content (AvgIpc) is 2.99. The summed E-state index contributed by atoms with van der Waals surface area (Å²) in [6, 6.07) is 8.05. The molecule has 1 aliphatic rings. The Bertz CT molecular complexity index is 782. The molecule has 0 atom stereocenters. The Kier molecular flexibility index (Phi) is 7.47. The van der Waals surface area contributed by atoms with Crippen LogP contribution in [0.5, 0.6) is 0 Å². The third kappa shape index (κ3) is 5.82. The first-order chi connectivity index (χ1) is 13.6. The molecule has 2 amide bonds. The van der Waals surface area contributed by atoms with E-state index in [4.69, 9.17) is 0 Å². The van der Waals surface area contributed by atoms with E-state index >= 15 is 0 Å². The number of benzene rings is 1. The number of carbonyl (C=O) groups excluding carboxylic acids is 2. The second kappa shape index (κ2) is 10.3. The number of hydrogen-bond donors (Lipinski definition) is 1. The Labute approximate surface area is 169 Å². The summed E-state index contributed by atoms with van der Waals surface area (Å²) in [5.74, 6) is 0.267. The number of thioether (sulfide) groups is 1. The largest absolute Gasteiger partial charge is 0.355 e. The van der Waals surface area contributed by atoms with Gasteiger partial charge in [0.1, 0.15) is 6.33 Å². The smallest absolute Gasteiger partial charge is 0.230 e. The molecule has 1 aliphatic heterocycles. The van der Waals surface area contributed by atoms with Gasteiger partial charge in [0.15, 0.2) is 5.16 Å². The molecule has 3 rings (SSSR count). The number of amides is 2. The molecule has 0 radical (unpaired) electrons. The number of likely N-dealkylation sites (tertiary alicyclic amines) is 1. The van der Waals surface area contributed by atoms with Crippen LogP contribution in [0.15, 0.2) is 35.7 Å². The molecule has 7 nitrogen and oxygen atoms in total. The molecule has 0 unspecified atom stereocenters. The van der Waals surface area contributed by atoms with Crippen LogP contribution in [-0.2, 0) is 9.59 Å². The van der Waals surface area contributed by atoms with Crippen molar-refractivity contribution >= 4 is 23.6 Å². The van der Waals surface area contributed by atoms with Gasteiger partial charge in [-0.25, -0.2) is 0 Å². The second-order valence-electron chi connectivity index (χ2n) is 7.00. The number of carbonyl (C=O) groups is 2. The van der Waals surface area contributed by atoms with Crippen molar-refractivity contribution in [2.75, 3.05) is 25.4 Å². The van der Waals surface area contributed by atoms with Gasteiger partial charge >= 0.3 is 0 Å². The predicted molar refractivity (Wildman–Crippen MR) is 109 cm³/mol. The van der Waals surface area contributed by atoms with Gasteiger partial charge < -0.3 is 10.2 Å². The Balaban J connectivity index is 1.42. The maximum atomic E-state index is 12.3. The van der Waals surface area contributed by atoms with Crippen LogP contribution in [0.3, 0.4) is 0 Å². The van der Waals surface area contributed by atoms with Gasteiger partial charge in [0.25, 0.3) is 0 Å². The fourth-order valence-corrected chi connectivity index (χ4v) is 3.93. The van der Waals surface area contributed by atoms with E-state index in [9.17, 15) is 9.59 Å². The van der Waals surface area contributed by atoms with E-state index in [1.54, 1.807) is 6.33 Å². The Morgan fingerprint density at radius 1 is 1.11 bits per heavy atom. The van der Waals surface area contributed by atoms with E-state index in [0.29, 0.717) is 18.1 Å². The highest BCUT2D eigenvalue weighted by atomic mass is 32.2. The van der Waals surface area contributed by atoms with Crippen LogP contribution in [0.25, 0.3) is 5.69 Å². The van der Waals surface area contributed by atoms with Crippen LogP contribution in [0.1, 0.15) is 37.7 Å². The summed E-state index contributed by atoms with van der Waals surface area (Å²) >= 11 is 1.33. The lowest BCUT2D eigenvalue weighted by molar-refractivity contribution is -0.131. The molecular weight excluding hydrogens is 374 g/mol. The summed E-state index contributed by atoms with van der Waals surface area (Å²) in [7, 11) is 0. The number of hydrogen-bond acceptors (Lipinski definition) is 5. The molecule has 1 aromatic heterocycles. The SMILES string of the molecule is Cc1ccc(-n2cnnc2SCC(=O)NCCC(=O)N2CCCCCC2)cc1. The van der Waals surface area contributed by atoms with E-state index in [1.807, 2.05) is 40.7 Å². The third-order valence-electron chi connectivity index (χ3n) is 4.78. The van der Waals surface area contributed by atoms with Crippen molar-refractivity contribution in [3.05, 3.63) is 36.2 Å². The molecule has 1 fully saturated rings. The minimum absolute atomic E-state index is 0.105. The molecule has 1 N–H and O–H groups in total. The van der Waals surface area contributed by atoms with Crippen molar-refractivity contribution in [3.8, 4) is 5.69 Å². The van der Waals surface area contributed by atoms with E-state index in [0.717, 1.165) is 31.6 Å². The fourth-order valence-electron chi connectivity index (χ4n) is 3.17. The molecule has 8 heteroatoms. The molecule has 0 saturated carbocycles. The monoisotopic (exact) mass is 401 g/mol. The number of nitrogens with zero attached hydrogens (tertiary/aromatic N) is 4. The molecule has 1 saturated heterocycles. The Hall–Kier alpha value is -2.35. The molecule has 0 bridgehead atoms. The first-order valence-electron chi connectivity index (χ1n) is 9.78. The van der Waals surface area contributed by atoms with Crippen LogP contribution >= 0.6 is 11.8 Å². The molecular formula is C20H27N5O2S. The van der Waals surface area contributed by atoms with Gasteiger partial charge in [-0.3, -0.25) is 14.2 Å². The van der Waals surface area contributed by atoms with Gasteiger partial charge in [0.2, 0.25) is 11.8 Å². The number of aromatic nitrogens is 3. The first kappa shape index (κ1) is 20.4. The highest BCUT2D eigenvalue weighted by molar-refractivity contribution is 7.99. The predicted octanol–water partition coefficient (Wildman–Crippen LogP) is 2.58. The summed E-state index contributed by atoms with van der Waals surface area (Å²) in [6.45, 7) is 4.10. The van der Waals surface area contributed by atoms with Crippen molar-refractivity contribution in [1.29, 1.82) is 0 Å². The zero-order valence-corrected chi connectivity index (χ0v) is 17.1. The van der Waals surface area contributed by atoms with Gasteiger partial charge in [-0.15, -0.1) is 10.2 Å². The number of rotatable bonds is 7. The molecule has 2 heterocycles. The minimum Gasteiger partial charge on any atom is -0.355 e. The minimum atomic E-state index is -0.105. The first-order valence-corrected chi connectivity index (χ1v) is 10.8. The lowest BCUT2D eigenvalue weighted by Gasteiger charge is -2.20. The van der Waals surface area contributed by atoms with Crippen molar-refractivity contribution < 1.29 is 9.59 Å². The van der Waals surface area contributed by atoms with E-state index in [-0.39, 0.29) is 17.6 Å². The molecule has 2 aromatic rings. The Morgan fingerprint density at radius 2 is 1.82 bits per heavy atom. The van der Waals surface area contributed by atoms with E-state index in [2.05, 4.69) is 15.5 Å². The van der Waals surface area contributed by atoms with Gasteiger partial charge in [0.05, 0.1) is 5.75 Å². The summed E-state index contributed by atoms with van der Waals surface area (Å²) < 4.78 is 1.86. The van der Waals surface area contributed by atoms with Crippen molar-refractivity contribution in [2.45, 2.75) is 44.2 Å². The number of aryl methyl sites for hydroxylation is 1. The van der Waals surface area contributed by atoms with Gasteiger partial charge in [-0.2, -0.15) is 0 Å². The maximum Gasteiger partial charge on any atom is 0.230 e.